The quantitative estimate of drug-likeness (QED) is 0.503. The smallest absolute Gasteiger partial charge is 0.138 e. The zero-order valence-electron chi connectivity index (χ0n) is 7.83. The number of benzene rings is 2. The summed E-state index contributed by atoms with van der Waals surface area (Å²) in [7, 11) is 5.63. The monoisotopic (exact) mass is 196 g/mol. The van der Waals surface area contributed by atoms with Gasteiger partial charge < -0.3 is 4.42 Å². The highest BCUT2D eigenvalue weighted by molar-refractivity contribution is 6.33. The van der Waals surface area contributed by atoms with Crippen molar-refractivity contribution >= 4 is 35.2 Å². The maximum absolute atomic E-state index is 13.6. The highest BCUT2D eigenvalue weighted by Crippen LogP contribution is 2.29. The molecule has 15 heavy (non-hydrogen) atoms. The third kappa shape index (κ3) is 1.16. The van der Waals surface area contributed by atoms with Gasteiger partial charge in [0.1, 0.15) is 24.8 Å². The maximum atomic E-state index is 13.6. The van der Waals surface area contributed by atoms with Crippen LogP contribution < -0.4 is 5.46 Å². The van der Waals surface area contributed by atoms with Gasteiger partial charge in [-0.25, -0.2) is 4.39 Å². The Labute approximate surface area is 86.9 Å². The van der Waals surface area contributed by atoms with Crippen LogP contribution in [0.2, 0.25) is 0 Å². The number of hydrogen-bond donors (Lipinski definition) is 0. The minimum atomic E-state index is -0.268. The minimum absolute atomic E-state index is 0.268. The molecule has 2 aromatic carbocycles. The highest BCUT2D eigenvalue weighted by atomic mass is 19.1. The fourth-order valence-corrected chi connectivity index (χ4v) is 1.80. The van der Waals surface area contributed by atoms with Crippen molar-refractivity contribution in [1.29, 1.82) is 0 Å². The van der Waals surface area contributed by atoms with E-state index >= 15 is 0 Å². The Morgan fingerprint density at radius 3 is 2.80 bits per heavy atom. The molecule has 0 N–H and O–H groups in total. The molecule has 0 atom stereocenters. The second-order valence-electron chi connectivity index (χ2n) is 3.47. The van der Waals surface area contributed by atoms with Gasteiger partial charge in [0, 0.05) is 5.39 Å². The van der Waals surface area contributed by atoms with E-state index in [2.05, 4.69) is 0 Å². The van der Waals surface area contributed by atoms with Crippen molar-refractivity contribution in [3.8, 4) is 0 Å². The molecule has 0 saturated carbocycles. The van der Waals surface area contributed by atoms with E-state index in [-0.39, 0.29) is 5.82 Å². The Bertz CT molecular complexity index is 657. The molecule has 3 rings (SSSR count). The predicted octanol–water partition coefficient (Wildman–Crippen LogP) is 2.52. The first kappa shape index (κ1) is 8.54. The Morgan fingerprint density at radius 2 is 1.93 bits per heavy atom. The topological polar surface area (TPSA) is 13.1 Å². The first-order chi connectivity index (χ1) is 7.25. The van der Waals surface area contributed by atoms with E-state index in [1.165, 1.54) is 6.07 Å². The van der Waals surface area contributed by atoms with E-state index in [1.807, 2.05) is 0 Å². The molecule has 0 aliphatic carbocycles. The van der Waals surface area contributed by atoms with Crippen LogP contribution in [-0.2, 0) is 0 Å². The summed E-state index contributed by atoms with van der Waals surface area (Å²) >= 11 is 0. The van der Waals surface area contributed by atoms with Crippen molar-refractivity contribution in [3.63, 3.8) is 0 Å². The predicted molar refractivity (Wildman–Crippen MR) is 59.1 cm³/mol. The molecule has 0 saturated heterocycles. The summed E-state index contributed by atoms with van der Waals surface area (Å²) in [6.45, 7) is 0. The lowest BCUT2D eigenvalue weighted by atomic mass is 9.95. The van der Waals surface area contributed by atoms with Gasteiger partial charge in [-0.15, -0.1) is 0 Å². The lowest BCUT2D eigenvalue weighted by molar-refractivity contribution is 0.634. The molecule has 0 aliphatic rings. The Balaban J connectivity index is 2.59. The number of fused-ring (bicyclic) bond motifs is 3. The second kappa shape index (κ2) is 2.86. The van der Waals surface area contributed by atoms with Crippen LogP contribution in [0.25, 0.3) is 21.9 Å². The molecule has 0 spiro atoms. The van der Waals surface area contributed by atoms with Crippen LogP contribution in [-0.4, -0.2) is 7.85 Å². The van der Waals surface area contributed by atoms with Crippen LogP contribution in [0.5, 0.6) is 0 Å². The molecule has 0 amide bonds. The van der Waals surface area contributed by atoms with Crippen molar-refractivity contribution in [2.75, 3.05) is 0 Å². The van der Waals surface area contributed by atoms with Gasteiger partial charge in [-0.1, -0.05) is 23.7 Å². The van der Waals surface area contributed by atoms with Gasteiger partial charge in [-0.2, -0.15) is 0 Å². The van der Waals surface area contributed by atoms with Gasteiger partial charge in [-0.05, 0) is 18.2 Å². The van der Waals surface area contributed by atoms with E-state index in [1.54, 1.807) is 30.3 Å². The fraction of sp³-hybridized carbons (Fsp3) is 0. The van der Waals surface area contributed by atoms with E-state index in [4.69, 9.17) is 12.3 Å². The van der Waals surface area contributed by atoms with Crippen LogP contribution >= 0.6 is 0 Å². The summed E-state index contributed by atoms with van der Waals surface area (Å²) in [5.41, 5.74) is 1.78. The number of hydrogen-bond acceptors (Lipinski definition) is 1. The van der Waals surface area contributed by atoms with Gasteiger partial charge >= 0.3 is 0 Å². The Kier molecular flexibility index (Phi) is 1.63. The van der Waals surface area contributed by atoms with E-state index < -0.39 is 0 Å². The SMILES string of the molecule is [B]c1ccc2c(c1)oc1cccc(F)c12. The highest BCUT2D eigenvalue weighted by Gasteiger charge is 2.09. The molecular weight excluding hydrogens is 190 g/mol. The average Bonchev–Trinajstić information content (AvgIpc) is 2.56. The Morgan fingerprint density at radius 1 is 1.07 bits per heavy atom. The Hall–Kier alpha value is -1.77. The van der Waals surface area contributed by atoms with Crippen LogP contribution in [0.1, 0.15) is 0 Å². The lowest BCUT2D eigenvalue weighted by Crippen LogP contribution is -1.98. The molecule has 70 valence electrons. The van der Waals surface area contributed by atoms with Gasteiger partial charge in [0.25, 0.3) is 0 Å². The molecule has 2 radical (unpaired) electrons. The second-order valence-corrected chi connectivity index (χ2v) is 3.47. The summed E-state index contributed by atoms with van der Waals surface area (Å²) in [6.07, 6.45) is 0. The van der Waals surface area contributed by atoms with E-state index in [0.29, 0.717) is 22.0 Å². The molecule has 0 fully saturated rings. The summed E-state index contributed by atoms with van der Waals surface area (Å²) in [5, 5.41) is 1.28. The zero-order chi connectivity index (χ0) is 10.4. The fourth-order valence-electron chi connectivity index (χ4n) is 1.80. The molecular formula is C12H6BFO. The van der Waals surface area contributed by atoms with Crippen LogP contribution in [0.3, 0.4) is 0 Å². The molecule has 0 bridgehead atoms. The van der Waals surface area contributed by atoms with Crippen molar-refractivity contribution in [2.24, 2.45) is 0 Å². The molecule has 0 aliphatic heterocycles. The van der Waals surface area contributed by atoms with Crippen molar-refractivity contribution in [1.82, 2.24) is 0 Å². The largest absolute Gasteiger partial charge is 0.456 e. The number of rotatable bonds is 0. The molecule has 1 nitrogen and oxygen atoms in total. The van der Waals surface area contributed by atoms with Crippen molar-refractivity contribution in [2.45, 2.75) is 0 Å². The molecule has 1 heterocycles. The summed E-state index contributed by atoms with van der Waals surface area (Å²) in [6, 6.07) is 10.0. The average molecular weight is 196 g/mol. The van der Waals surface area contributed by atoms with Gasteiger partial charge in [0.15, 0.2) is 0 Å². The zero-order valence-corrected chi connectivity index (χ0v) is 7.83. The van der Waals surface area contributed by atoms with E-state index in [0.717, 1.165) is 5.39 Å². The third-order valence-corrected chi connectivity index (χ3v) is 2.47. The van der Waals surface area contributed by atoms with Crippen LogP contribution in [0.15, 0.2) is 40.8 Å². The third-order valence-electron chi connectivity index (χ3n) is 2.47. The normalized spacial score (nSPS) is 11.3. The molecule has 1 aromatic heterocycles. The van der Waals surface area contributed by atoms with Gasteiger partial charge in [-0.3, -0.25) is 0 Å². The van der Waals surface area contributed by atoms with Crippen molar-refractivity contribution in [3.05, 3.63) is 42.2 Å². The standard InChI is InChI=1S/C12H6BFO/c13-7-4-5-8-11(6-7)15-10-3-1-2-9(14)12(8)10/h1-6H. The first-order valence-electron chi connectivity index (χ1n) is 4.62. The maximum Gasteiger partial charge on any atom is 0.138 e. The molecule has 3 heteroatoms. The number of halogens is 1. The van der Waals surface area contributed by atoms with Gasteiger partial charge in [0.2, 0.25) is 0 Å². The first-order valence-corrected chi connectivity index (χ1v) is 4.62. The van der Waals surface area contributed by atoms with E-state index in [9.17, 15) is 4.39 Å². The summed E-state index contributed by atoms with van der Waals surface area (Å²) in [5.74, 6) is -0.268. The summed E-state index contributed by atoms with van der Waals surface area (Å²) < 4.78 is 19.1. The summed E-state index contributed by atoms with van der Waals surface area (Å²) in [4.78, 5) is 0. The molecule has 3 aromatic rings. The van der Waals surface area contributed by atoms with Crippen LogP contribution in [0.4, 0.5) is 4.39 Å². The molecule has 0 unspecified atom stereocenters. The van der Waals surface area contributed by atoms with Crippen LogP contribution in [0, 0.1) is 5.82 Å². The van der Waals surface area contributed by atoms with Gasteiger partial charge in [0.05, 0.1) is 5.39 Å². The van der Waals surface area contributed by atoms with Crippen molar-refractivity contribution < 1.29 is 8.81 Å². The minimum Gasteiger partial charge on any atom is -0.456 e. The number of furan rings is 1. The lowest BCUT2D eigenvalue weighted by Gasteiger charge is -1.92.